The molecule has 0 aliphatic carbocycles. The molecular weight excluding hydrogens is 344 g/mol. The largest absolute Gasteiger partial charge is 0.340 e. The molecule has 0 aromatic carbocycles. The minimum atomic E-state index is -0.0148. The summed E-state index contributed by atoms with van der Waals surface area (Å²) in [5, 5.41) is 8.77. The van der Waals surface area contributed by atoms with Crippen molar-refractivity contribution in [2.75, 3.05) is 13.1 Å². The Hall–Kier alpha value is -2.06. The molecule has 3 aromatic rings. The molecule has 1 aliphatic rings. The Morgan fingerprint density at radius 3 is 3.04 bits per heavy atom. The van der Waals surface area contributed by atoms with Gasteiger partial charge in [-0.3, -0.25) is 4.79 Å². The van der Waals surface area contributed by atoms with Crippen molar-refractivity contribution in [2.45, 2.75) is 25.7 Å². The van der Waals surface area contributed by atoms with Crippen molar-refractivity contribution < 1.29 is 9.32 Å². The van der Waals surface area contributed by atoms with E-state index >= 15 is 0 Å². The van der Waals surface area contributed by atoms with Gasteiger partial charge in [0.25, 0.3) is 5.91 Å². The van der Waals surface area contributed by atoms with Crippen LogP contribution in [0, 0.1) is 6.92 Å². The van der Waals surface area contributed by atoms with Gasteiger partial charge in [0.1, 0.15) is 10.7 Å². The molecule has 1 unspecified atom stereocenters. The van der Waals surface area contributed by atoms with Crippen LogP contribution in [0.4, 0.5) is 0 Å². The normalized spacial score (nSPS) is 18.0. The maximum absolute atomic E-state index is 12.8. The van der Waals surface area contributed by atoms with E-state index in [9.17, 15) is 4.79 Å². The van der Waals surface area contributed by atoms with Crippen LogP contribution < -0.4 is 0 Å². The van der Waals surface area contributed by atoms with Crippen molar-refractivity contribution in [3.8, 4) is 9.88 Å². The van der Waals surface area contributed by atoms with Crippen LogP contribution in [0.15, 0.2) is 27.4 Å². The monoisotopic (exact) mass is 360 g/mol. The summed E-state index contributed by atoms with van der Waals surface area (Å²) in [4.78, 5) is 24.6. The fraction of sp³-hybridized carbons (Fsp3) is 0.375. The predicted octanol–water partition coefficient (Wildman–Crippen LogP) is 3.58. The van der Waals surface area contributed by atoms with Gasteiger partial charge in [0.05, 0.1) is 4.88 Å². The highest BCUT2D eigenvalue weighted by molar-refractivity contribution is 7.20. The van der Waals surface area contributed by atoms with E-state index in [0.717, 1.165) is 29.3 Å². The second kappa shape index (κ2) is 6.45. The van der Waals surface area contributed by atoms with E-state index in [0.29, 0.717) is 24.0 Å². The lowest BCUT2D eigenvalue weighted by molar-refractivity contribution is 0.0698. The van der Waals surface area contributed by atoms with E-state index in [2.05, 4.69) is 15.1 Å². The molecule has 124 valence electrons. The molecule has 1 atom stereocenters. The second-order valence-corrected chi connectivity index (χ2v) is 7.58. The van der Waals surface area contributed by atoms with Gasteiger partial charge in [-0.1, -0.05) is 11.2 Å². The number of carbonyl (C=O) groups excluding carboxylic acids is 1. The first-order chi connectivity index (χ1) is 11.7. The van der Waals surface area contributed by atoms with Gasteiger partial charge in [-0.05, 0) is 24.3 Å². The Labute approximate surface area is 147 Å². The number of aryl methyl sites for hydroxylation is 1. The number of thiazole rings is 1. The molecule has 3 aromatic heterocycles. The molecular formula is C16H16N4O2S2. The number of hydrogen-bond donors (Lipinski definition) is 0. The van der Waals surface area contributed by atoms with Crippen LogP contribution in [0.5, 0.6) is 0 Å². The topological polar surface area (TPSA) is 72.1 Å². The van der Waals surface area contributed by atoms with E-state index in [1.54, 1.807) is 18.3 Å². The van der Waals surface area contributed by atoms with Crippen molar-refractivity contribution in [2.24, 2.45) is 0 Å². The summed E-state index contributed by atoms with van der Waals surface area (Å²) in [6, 6.07) is 4.01. The number of piperidine rings is 1. The van der Waals surface area contributed by atoms with Gasteiger partial charge < -0.3 is 9.42 Å². The first-order valence-corrected chi connectivity index (χ1v) is 9.55. The van der Waals surface area contributed by atoms with Gasteiger partial charge in [-0.2, -0.15) is 4.98 Å². The van der Waals surface area contributed by atoms with Crippen LogP contribution in [0.1, 0.15) is 41.0 Å². The number of likely N-dealkylation sites (tertiary alicyclic amines) is 1. The minimum Gasteiger partial charge on any atom is -0.340 e. The zero-order chi connectivity index (χ0) is 16.5. The van der Waals surface area contributed by atoms with Gasteiger partial charge in [-0.15, -0.1) is 22.7 Å². The van der Waals surface area contributed by atoms with E-state index in [4.69, 9.17) is 4.52 Å². The van der Waals surface area contributed by atoms with Crippen LogP contribution in [-0.4, -0.2) is 39.0 Å². The molecule has 24 heavy (non-hydrogen) atoms. The van der Waals surface area contributed by atoms with Gasteiger partial charge in [-0.25, -0.2) is 4.98 Å². The third-order valence-electron chi connectivity index (χ3n) is 4.07. The van der Waals surface area contributed by atoms with Crippen LogP contribution in [0.25, 0.3) is 9.88 Å². The molecule has 4 rings (SSSR count). The van der Waals surface area contributed by atoms with E-state index < -0.39 is 0 Å². The zero-order valence-corrected chi connectivity index (χ0v) is 14.8. The molecule has 0 saturated carbocycles. The SMILES string of the molecule is Cc1nc(C2CCCN(C(=O)c3csc(-c4cccs4)n3)C2)no1. The molecule has 1 amide bonds. The zero-order valence-electron chi connectivity index (χ0n) is 13.1. The molecule has 0 bridgehead atoms. The molecule has 8 heteroatoms. The first-order valence-electron chi connectivity index (χ1n) is 7.79. The van der Waals surface area contributed by atoms with Gasteiger partial charge in [0.15, 0.2) is 5.82 Å². The van der Waals surface area contributed by atoms with Gasteiger partial charge >= 0.3 is 0 Å². The maximum Gasteiger partial charge on any atom is 0.273 e. The molecule has 4 heterocycles. The lowest BCUT2D eigenvalue weighted by atomic mass is 9.97. The summed E-state index contributed by atoms with van der Waals surface area (Å²) in [5.74, 6) is 1.38. The molecule has 6 nitrogen and oxygen atoms in total. The van der Waals surface area contributed by atoms with Crippen molar-refractivity contribution in [3.05, 3.63) is 40.3 Å². The number of hydrogen-bond acceptors (Lipinski definition) is 7. The number of amides is 1. The summed E-state index contributed by atoms with van der Waals surface area (Å²) in [6.07, 6.45) is 1.91. The van der Waals surface area contributed by atoms with Crippen LogP contribution in [0.2, 0.25) is 0 Å². The van der Waals surface area contributed by atoms with Crippen molar-refractivity contribution in [3.63, 3.8) is 0 Å². The summed E-state index contributed by atoms with van der Waals surface area (Å²) in [5.41, 5.74) is 0.522. The Balaban J connectivity index is 1.50. The van der Waals surface area contributed by atoms with Gasteiger partial charge in [0.2, 0.25) is 5.89 Å². The summed E-state index contributed by atoms with van der Waals surface area (Å²) >= 11 is 3.14. The average molecular weight is 360 g/mol. The minimum absolute atomic E-state index is 0.0148. The molecule has 1 saturated heterocycles. The summed E-state index contributed by atoms with van der Waals surface area (Å²) in [6.45, 7) is 3.14. The van der Waals surface area contributed by atoms with E-state index in [-0.39, 0.29) is 11.8 Å². The molecule has 0 radical (unpaired) electrons. The number of thiophene rings is 1. The molecule has 0 N–H and O–H groups in total. The number of rotatable bonds is 3. The highest BCUT2D eigenvalue weighted by Crippen LogP contribution is 2.30. The molecule has 1 aliphatic heterocycles. The third kappa shape index (κ3) is 2.99. The molecule has 1 fully saturated rings. The van der Waals surface area contributed by atoms with E-state index in [1.165, 1.54) is 11.3 Å². The fourth-order valence-electron chi connectivity index (χ4n) is 2.90. The Kier molecular flexibility index (Phi) is 4.15. The Morgan fingerprint density at radius 2 is 2.29 bits per heavy atom. The van der Waals surface area contributed by atoms with Crippen molar-refractivity contribution in [1.29, 1.82) is 0 Å². The molecule has 0 spiro atoms. The predicted molar refractivity (Wildman–Crippen MR) is 92.3 cm³/mol. The van der Waals surface area contributed by atoms with Crippen molar-refractivity contribution >= 4 is 28.6 Å². The van der Waals surface area contributed by atoms with Gasteiger partial charge in [0, 0.05) is 31.3 Å². The van der Waals surface area contributed by atoms with E-state index in [1.807, 2.05) is 27.8 Å². The maximum atomic E-state index is 12.8. The smallest absolute Gasteiger partial charge is 0.273 e. The van der Waals surface area contributed by atoms with Crippen LogP contribution in [0.3, 0.4) is 0 Å². The summed E-state index contributed by atoms with van der Waals surface area (Å²) < 4.78 is 5.07. The van der Waals surface area contributed by atoms with Crippen LogP contribution in [-0.2, 0) is 0 Å². The first kappa shape index (κ1) is 15.5. The second-order valence-electron chi connectivity index (χ2n) is 5.78. The Morgan fingerprint density at radius 1 is 1.38 bits per heavy atom. The quantitative estimate of drug-likeness (QED) is 0.714. The number of carbonyl (C=O) groups is 1. The highest BCUT2D eigenvalue weighted by Gasteiger charge is 2.29. The standard InChI is InChI=1S/C16H16N4O2S2/c1-10-17-14(19-22-10)11-4-2-6-20(8-11)16(21)12-9-24-15(18-12)13-5-3-7-23-13/h3,5,7,9,11H,2,4,6,8H2,1H3. The summed E-state index contributed by atoms with van der Waals surface area (Å²) in [7, 11) is 0. The Bertz CT molecular complexity index is 840. The third-order valence-corrected chi connectivity index (χ3v) is 5.95. The van der Waals surface area contributed by atoms with Crippen LogP contribution >= 0.6 is 22.7 Å². The lowest BCUT2D eigenvalue weighted by Gasteiger charge is -2.30. The lowest BCUT2D eigenvalue weighted by Crippen LogP contribution is -2.39. The fourth-order valence-corrected chi connectivity index (χ4v) is 4.51. The average Bonchev–Trinajstić information content (AvgIpc) is 3.34. The number of aromatic nitrogens is 3. The van der Waals surface area contributed by atoms with Crippen molar-refractivity contribution in [1.82, 2.24) is 20.0 Å². The number of nitrogens with zero attached hydrogens (tertiary/aromatic N) is 4. The highest BCUT2D eigenvalue weighted by atomic mass is 32.1.